The van der Waals surface area contributed by atoms with E-state index in [0.29, 0.717) is 24.2 Å². The van der Waals surface area contributed by atoms with Crippen LogP contribution in [0.4, 0.5) is 0 Å². The summed E-state index contributed by atoms with van der Waals surface area (Å²) in [4.78, 5) is 27.9. The molecule has 0 spiro atoms. The summed E-state index contributed by atoms with van der Waals surface area (Å²) < 4.78 is 25.3. The zero-order chi connectivity index (χ0) is 24.6. The van der Waals surface area contributed by atoms with Crippen LogP contribution in [-0.2, 0) is 9.98 Å². The third-order valence-corrected chi connectivity index (χ3v) is 9.91. The van der Waals surface area contributed by atoms with Crippen LogP contribution in [0.3, 0.4) is 0 Å². The third kappa shape index (κ3) is 4.66. The van der Waals surface area contributed by atoms with Crippen molar-refractivity contribution in [2.24, 2.45) is 0 Å². The lowest BCUT2D eigenvalue weighted by molar-refractivity contribution is 0.103. The normalized spacial score (nSPS) is 16.3. The van der Waals surface area contributed by atoms with Crippen molar-refractivity contribution in [3.63, 3.8) is 0 Å². The molecular weight excluding hydrogens is 435 g/mol. The van der Waals surface area contributed by atoms with Crippen LogP contribution in [0.25, 0.3) is 0 Å². The Morgan fingerprint density at radius 3 is 1.97 bits per heavy atom. The molecule has 0 aromatic heterocycles. The molecule has 3 rings (SSSR count). The van der Waals surface area contributed by atoms with Gasteiger partial charge in [-0.1, -0.05) is 45.7 Å². The number of ether oxygens (including phenoxy) is 2. The van der Waals surface area contributed by atoms with Gasteiger partial charge in [0.2, 0.25) is 18.2 Å². The molecular formula is C27H35O5P. The Balaban J connectivity index is 2.17. The Morgan fingerprint density at radius 2 is 1.48 bits per heavy atom. The minimum atomic E-state index is -3.96. The fourth-order valence-electron chi connectivity index (χ4n) is 4.75. The first-order valence-electron chi connectivity index (χ1n) is 11.5. The molecule has 33 heavy (non-hydrogen) atoms. The predicted molar refractivity (Wildman–Crippen MR) is 133 cm³/mol. The average Bonchev–Trinajstić information content (AvgIpc) is 3.31. The highest BCUT2D eigenvalue weighted by Gasteiger charge is 2.49. The van der Waals surface area contributed by atoms with Crippen molar-refractivity contribution < 1.29 is 23.6 Å². The van der Waals surface area contributed by atoms with E-state index in [1.807, 2.05) is 26.0 Å². The summed E-state index contributed by atoms with van der Waals surface area (Å²) in [6, 6.07) is 8.74. The monoisotopic (exact) mass is 470 g/mol. The van der Waals surface area contributed by atoms with Gasteiger partial charge in [-0.15, -0.1) is 0 Å². The van der Waals surface area contributed by atoms with Gasteiger partial charge in [0.05, 0.1) is 19.8 Å². The van der Waals surface area contributed by atoms with E-state index in [1.54, 1.807) is 18.2 Å². The molecule has 5 nitrogen and oxygen atoms in total. The van der Waals surface area contributed by atoms with Gasteiger partial charge in [0.25, 0.3) is 0 Å². The van der Waals surface area contributed by atoms with Gasteiger partial charge in [0.15, 0.2) is 0 Å². The summed E-state index contributed by atoms with van der Waals surface area (Å²) in [5, 5.41) is 0. The number of aryl methyl sites for hydroxylation is 2. The molecule has 178 valence electrons. The van der Waals surface area contributed by atoms with Gasteiger partial charge < -0.3 is 14.0 Å². The van der Waals surface area contributed by atoms with Gasteiger partial charge in [0, 0.05) is 17.3 Å². The number of carbonyl (C=O) groups is 2. The molecule has 0 N–H and O–H groups in total. The lowest BCUT2D eigenvalue weighted by atomic mass is 9.84. The van der Waals surface area contributed by atoms with Crippen molar-refractivity contribution >= 4 is 18.2 Å². The van der Waals surface area contributed by atoms with Crippen LogP contribution in [-0.4, -0.2) is 30.9 Å². The first kappa shape index (κ1) is 25.2. The van der Waals surface area contributed by atoms with E-state index < -0.39 is 23.8 Å². The van der Waals surface area contributed by atoms with E-state index >= 15 is 0 Å². The fourth-order valence-corrected chi connectivity index (χ4v) is 7.91. The summed E-state index contributed by atoms with van der Waals surface area (Å²) in [6.45, 7) is 10.1. The topological polar surface area (TPSA) is 69.7 Å². The second kappa shape index (κ2) is 9.46. The number of hydrogen-bond acceptors (Lipinski definition) is 5. The van der Waals surface area contributed by atoms with Crippen molar-refractivity contribution in [3.8, 4) is 11.5 Å². The first-order chi connectivity index (χ1) is 15.4. The van der Waals surface area contributed by atoms with Gasteiger partial charge in [-0.3, -0.25) is 9.59 Å². The van der Waals surface area contributed by atoms with E-state index in [0.717, 1.165) is 29.5 Å². The van der Waals surface area contributed by atoms with Gasteiger partial charge in [-0.2, -0.15) is 0 Å². The maximum Gasteiger partial charge on any atom is 0.232 e. The van der Waals surface area contributed by atoms with Crippen LogP contribution in [0.15, 0.2) is 30.3 Å². The number of benzene rings is 2. The molecule has 6 heteroatoms. The van der Waals surface area contributed by atoms with E-state index in [4.69, 9.17) is 9.47 Å². The Labute approximate surface area is 197 Å². The molecule has 1 atom stereocenters. The average molecular weight is 471 g/mol. The van der Waals surface area contributed by atoms with Gasteiger partial charge in [0.1, 0.15) is 11.5 Å². The highest BCUT2D eigenvalue weighted by Crippen LogP contribution is 2.62. The number of methoxy groups -OCH3 is 2. The summed E-state index contributed by atoms with van der Waals surface area (Å²) in [6.07, 6.45) is 2.97. The Morgan fingerprint density at radius 1 is 0.909 bits per heavy atom. The second-order valence-electron chi connectivity index (χ2n) is 10.0. The highest BCUT2D eigenvalue weighted by molar-refractivity contribution is 7.96. The van der Waals surface area contributed by atoms with Crippen LogP contribution in [0.2, 0.25) is 0 Å². The Kier molecular flexibility index (Phi) is 7.24. The van der Waals surface area contributed by atoms with Crippen molar-refractivity contribution in [2.45, 2.75) is 71.4 Å². The summed E-state index contributed by atoms with van der Waals surface area (Å²) in [7, 11) is -0.989. The second-order valence-corrected chi connectivity index (χ2v) is 12.9. The van der Waals surface area contributed by atoms with Crippen molar-refractivity contribution in [1.82, 2.24) is 0 Å². The maximum atomic E-state index is 14.6. The van der Waals surface area contributed by atoms with Crippen molar-refractivity contribution in [2.75, 3.05) is 14.2 Å². The quantitative estimate of drug-likeness (QED) is 0.412. The van der Waals surface area contributed by atoms with E-state index in [-0.39, 0.29) is 16.7 Å². The van der Waals surface area contributed by atoms with Gasteiger partial charge >= 0.3 is 0 Å². The zero-order valence-electron chi connectivity index (χ0n) is 20.8. The molecule has 0 bridgehead atoms. The Hall–Kier alpha value is -2.39. The molecule has 2 aromatic rings. The SMILES string of the molecule is COc1ccc(C(=O)P(=O)(C(=O)c2c(C)cc(C(C)(C)C)cc2C)C2CCCC2)c(OC)c1. The van der Waals surface area contributed by atoms with Crippen LogP contribution in [0, 0.1) is 13.8 Å². The maximum absolute atomic E-state index is 14.6. The minimum absolute atomic E-state index is 0.0848. The van der Waals surface area contributed by atoms with Gasteiger partial charge in [-0.05, 0) is 60.9 Å². The van der Waals surface area contributed by atoms with E-state index in [9.17, 15) is 14.2 Å². The van der Waals surface area contributed by atoms with Gasteiger partial charge in [-0.25, -0.2) is 0 Å². The molecule has 1 aliphatic rings. The van der Waals surface area contributed by atoms with E-state index in [2.05, 4.69) is 20.8 Å². The number of hydrogen-bond donors (Lipinski definition) is 0. The van der Waals surface area contributed by atoms with Crippen LogP contribution in [0.5, 0.6) is 11.5 Å². The zero-order valence-corrected chi connectivity index (χ0v) is 21.7. The van der Waals surface area contributed by atoms with E-state index in [1.165, 1.54) is 14.2 Å². The third-order valence-electron chi connectivity index (χ3n) is 6.69. The molecule has 1 aliphatic carbocycles. The van der Waals surface area contributed by atoms with Crippen LogP contribution < -0.4 is 9.47 Å². The molecule has 0 aliphatic heterocycles. The fraction of sp³-hybridized carbons (Fsp3) is 0.481. The molecule has 2 aromatic carbocycles. The molecule has 1 fully saturated rings. The summed E-state index contributed by atoms with van der Waals surface area (Å²) in [5.74, 6) is 0.789. The lowest BCUT2D eigenvalue weighted by Crippen LogP contribution is -2.22. The smallest absolute Gasteiger partial charge is 0.232 e. The Bertz CT molecular complexity index is 1100. The van der Waals surface area contributed by atoms with Crippen molar-refractivity contribution in [3.05, 3.63) is 58.1 Å². The van der Waals surface area contributed by atoms with Crippen molar-refractivity contribution in [1.29, 1.82) is 0 Å². The van der Waals surface area contributed by atoms with Crippen LogP contribution >= 0.6 is 7.14 Å². The van der Waals surface area contributed by atoms with Crippen LogP contribution in [0.1, 0.15) is 83.9 Å². The molecule has 0 amide bonds. The predicted octanol–water partition coefficient (Wildman–Crippen LogP) is 6.90. The standard InChI is InChI=1S/C27H35O5P/c1-17-14-19(27(3,4)5)15-18(2)24(17)26(29)33(30,21-10-8-9-11-21)25(28)22-13-12-20(31-6)16-23(22)32-7/h12-16,21H,8-11H2,1-7H3. The lowest BCUT2D eigenvalue weighted by Gasteiger charge is -2.26. The summed E-state index contributed by atoms with van der Waals surface area (Å²) >= 11 is 0. The number of carbonyl (C=O) groups excluding carboxylic acids is 2. The largest absolute Gasteiger partial charge is 0.497 e. The molecule has 0 radical (unpaired) electrons. The molecule has 1 saturated carbocycles. The molecule has 0 saturated heterocycles. The minimum Gasteiger partial charge on any atom is -0.497 e. The molecule has 0 heterocycles. The molecule has 1 unspecified atom stereocenters. The summed E-state index contributed by atoms with van der Waals surface area (Å²) in [5.41, 5.74) is 1.56. The number of rotatable bonds is 7. The highest BCUT2D eigenvalue weighted by atomic mass is 31.2. The first-order valence-corrected chi connectivity index (χ1v) is 13.3.